The Morgan fingerprint density at radius 1 is 1.35 bits per heavy atom. The molecule has 0 aromatic carbocycles. The molecular formula is C17H23N5O4. The van der Waals surface area contributed by atoms with E-state index in [4.69, 9.17) is 4.52 Å². The van der Waals surface area contributed by atoms with Gasteiger partial charge in [0, 0.05) is 30.3 Å². The Hall–Kier alpha value is -2.71. The van der Waals surface area contributed by atoms with Crippen molar-refractivity contribution in [2.45, 2.75) is 51.9 Å². The molecule has 1 atom stereocenters. The summed E-state index contributed by atoms with van der Waals surface area (Å²) in [6, 6.07) is 0. The van der Waals surface area contributed by atoms with E-state index in [0.717, 1.165) is 12.8 Å². The molecule has 0 bridgehead atoms. The van der Waals surface area contributed by atoms with E-state index in [9.17, 15) is 14.4 Å². The fraction of sp³-hybridized carbons (Fsp3) is 0.588. The third-order valence-electron chi connectivity index (χ3n) is 4.68. The summed E-state index contributed by atoms with van der Waals surface area (Å²) in [6.45, 7) is 6.72. The zero-order chi connectivity index (χ0) is 18.8. The number of rotatable bonds is 4. The number of carbonyl (C=O) groups excluding carboxylic acids is 1. The minimum absolute atomic E-state index is 0.00246. The fourth-order valence-electron chi connectivity index (χ4n) is 3.15. The summed E-state index contributed by atoms with van der Waals surface area (Å²) in [5.74, 6) is 1.26. The number of nitrogens with one attached hydrogen (secondary N) is 2. The van der Waals surface area contributed by atoms with Crippen molar-refractivity contribution in [2.75, 3.05) is 13.1 Å². The van der Waals surface area contributed by atoms with Crippen molar-refractivity contribution in [1.29, 1.82) is 0 Å². The normalized spacial score (nSPS) is 17.7. The summed E-state index contributed by atoms with van der Waals surface area (Å²) in [7, 11) is 0. The number of hydrogen-bond donors (Lipinski definition) is 2. The molecule has 2 N–H and O–H groups in total. The molecule has 0 spiro atoms. The van der Waals surface area contributed by atoms with Gasteiger partial charge in [0.2, 0.25) is 11.8 Å². The summed E-state index contributed by atoms with van der Waals surface area (Å²) >= 11 is 0. The monoisotopic (exact) mass is 361 g/mol. The van der Waals surface area contributed by atoms with Crippen LogP contribution in [-0.2, 0) is 11.2 Å². The molecule has 3 heterocycles. The number of aromatic nitrogens is 4. The fourth-order valence-corrected chi connectivity index (χ4v) is 3.15. The quantitative estimate of drug-likeness (QED) is 0.831. The van der Waals surface area contributed by atoms with Gasteiger partial charge in [-0.15, -0.1) is 0 Å². The Morgan fingerprint density at radius 2 is 2.12 bits per heavy atom. The van der Waals surface area contributed by atoms with Gasteiger partial charge in [-0.3, -0.25) is 14.6 Å². The molecule has 9 heteroatoms. The first-order valence-corrected chi connectivity index (χ1v) is 8.78. The van der Waals surface area contributed by atoms with Crippen molar-refractivity contribution in [3.8, 4) is 0 Å². The van der Waals surface area contributed by atoms with Gasteiger partial charge in [-0.25, -0.2) is 4.79 Å². The van der Waals surface area contributed by atoms with Gasteiger partial charge >= 0.3 is 5.69 Å². The Kier molecular flexibility index (Phi) is 5.06. The van der Waals surface area contributed by atoms with E-state index >= 15 is 0 Å². The minimum atomic E-state index is -0.570. The van der Waals surface area contributed by atoms with E-state index in [1.54, 1.807) is 11.8 Å². The van der Waals surface area contributed by atoms with E-state index in [-0.39, 0.29) is 29.7 Å². The topological polar surface area (TPSA) is 125 Å². The first-order valence-electron chi connectivity index (χ1n) is 8.78. The second-order valence-electron chi connectivity index (χ2n) is 7.01. The highest BCUT2D eigenvalue weighted by Gasteiger charge is 2.29. The molecule has 1 aliphatic rings. The lowest BCUT2D eigenvalue weighted by atomic mass is 9.97. The number of likely N-dealkylation sites (tertiary alicyclic amines) is 1. The second-order valence-corrected chi connectivity index (χ2v) is 7.01. The summed E-state index contributed by atoms with van der Waals surface area (Å²) < 4.78 is 5.37. The van der Waals surface area contributed by atoms with Crippen LogP contribution in [0.4, 0.5) is 0 Å². The molecular weight excluding hydrogens is 338 g/mol. The second kappa shape index (κ2) is 7.27. The van der Waals surface area contributed by atoms with Crippen LogP contribution in [0.15, 0.2) is 14.1 Å². The molecule has 3 rings (SSSR count). The smallest absolute Gasteiger partial charge is 0.325 e. The lowest BCUT2D eigenvalue weighted by molar-refractivity contribution is -0.131. The van der Waals surface area contributed by atoms with E-state index in [2.05, 4.69) is 20.1 Å². The zero-order valence-corrected chi connectivity index (χ0v) is 15.2. The Balaban J connectivity index is 1.72. The van der Waals surface area contributed by atoms with Gasteiger partial charge in [0.25, 0.3) is 5.56 Å². The van der Waals surface area contributed by atoms with Crippen LogP contribution in [0, 0.1) is 6.92 Å². The summed E-state index contributed by atoms with van der Waals surface area (Å²) in [5.41, 5.74) is -0.388. The summed E-state index contributed by atoms with van der Waals surface area (Å²) in [6.07, 6.45) is 1.66. The van der Waals surface area contributed by atoms with E-state index in [1.165, 1.54) is 0 Å². The average molecular weight is 361 g/mol. The molecule has 0 saturated carbocycles. The maximum absolute atomic E-state index is 12.7. The van der Waals surface area contributed by atoms with E-state index in [0.29, 0.717) is 30.5 Å². The van der Waals surface area contributed by atoms with Crippen molar-refractivity contribution >= 4 is 5.91 Å². The number of amides is 1. The van der Waals surface area contributed by atoms with E-state index < -0.39 is 11.2 Å². The molecule has 1 unspecified atom stereocenters. The SMILES string of the molecule is Cc1[nH]c(=O)[nH]c(=O)c1CC(=O)N1CCCC(c2nc(C(C)C)no2)C1. The van der Waals surface area contributed by atoms with Crippen molar-refractivity contribution in [3.63, 3.8) is 0 Å². The van der Waals surface area contributed by atoms with Gasteiger partial charge in [0.05, 0.1) is 12.3 Å². The number of aromatic amines is 2. The summed E-state index contributed by atoms with van der Waals surface area (Å²) in [4.78, 5) is 46.7. The van der Waals surface area contributed by atoms with Crippen LogP contribution in [0.1, 0.15) is 61.5 Å². The zero-order valence-electron chi connectivity index (χ0n) is 15.2. The van der Waals surface area contributed by atoms with E-state index in [1.807, 2.05) is 13.8 Å². The lowest BCUT2D eigenvalue weighted by Crippen LogP contribution is -2.41. The number of aryl methyl sites for hydroxylation is 1. The van der Waals surface area contributed by atoms with Crippen LogP contribution in [0.3, 0.4) is 0 Å². The number of hydrogen-bond acceptors (Lipinski definition) is 6. The van der Waals surface area contributed by atoms with Gasteiger partial charge in [0.15, 0.2) is 5.82 Å². The van der Waals surface area contributed by atoms with Gasteiger partial charge in [-0.1, -0.05) is 19.0 Å². The first-order chi connectivity index (χ1) is 12.3. The van der Waals surface area contributed by atoms with Crippen LogP contribution in [0.2, 0.25) is 0 Å². The molecule has 140 valence electrons. The van der Waals surface area contributed by atoms with Gasteiger partial charge < -0.3 is 14.4 Å². The highest BCUT2D eigenvalue weighted by atomic mass is 16.5. The molecule has 1 aliphatic heterocycles. The largest absolute Gasteiger partial charge is 0.342 e. The highest BCUT2D eigenvalue weighted by Crippen LogP contribution is 2.27. The van der Waals surface area contributed by atoms with Crippen molar-refractivity contribution in [2.24, 2.45) is 0 Å². The molecule has 26 heavy (non-hydrogen) atoms. The summed E-state index contributed by atoms with van der Waals surface area (Å²) in [5, 5.41) is 3.99. The first kappa shape index (κ1) is 18.1. The Labute approximate surface area is 149 Å². The molecule has 0 aliphatic carbocycles. The molecule has 0 radical (unpaired) electrons. The maximum Gasteiger partial charge on any atom is 0.325 e. The molecule has 1 amide bonds. The molecule has 1 saturated heterocycles. The van der Waals surface area contributed by atoms with Gasteiger partial charge in [-0.2, -0.15) is 4.98 Å². The standard InChI is InChI=1S/C17H23N5O4/c1-9(2)14-19-16(26-21-14)11-5-4-6-22(8-11)13(23)7-12-10(3)18-17(25)20-15(12)24/h9,11H,4-8H2,1-3H3,(H2,18,20,24,25). The lowest BCUT2D eigenvalue weighted by Gasteiger charge is -2.31. The van der Waals surface area contributed by atoms with Gasteiger partial charge in [-0.05, 0) is 19.8 Å². The number of piperidine rings is 1. The third-order valence-corrected chi connectivity index (χ3v) is 4.68. The predicted molar refractivity (Wildman–Crippen MR) is 93.1 cm³/mol. The predicted octanol–water partition coefficient (Wildman–Crippen LogP) is 0.827. The molecule has 2 aromatic heterocycles. The van der Waals surface area contributed by atoms with Crippen LogP contribution in [0.5, 0.6) is 0 Å². The van der Waals surface area contributed by atoms with Crippen LogP contribution in [-0.4, -0.2) is 44.0 Å². The third kappa shape index (κ3) is 3.76. The van der Waals surface area contributed by atoms with Crippen molar-refractivity contribution in [3.05, 3.63) is 43.8 Å². The molecule has 9 nitrogen and oxygen atoms in total. The Morgan fingerprint density at radius 3 is 2.77 bits per heavy atom. The van der Waals surface area contributed by atoms with Crippen molar-refractivity contribution < 1.29 is 9.32 Å². The number of carbonyl (C=O) groups is 1. The average Bonchev–Trinajstić information content (AvgIpc) is 3.08. The van der Waals surface area contributed by atoms with Crippen molar-refractivity contribution in [1.82, 2.24) is 25.0 Å². The molecule has 2 aromatic rings. The van der Waals surface area contributed by atoms with Gasteiger partial charge in [0.1, 0.15) is 0 Å². The Bertz CT molecular complexity index is 910. The van der Waals surface area contributed by atoms with Crippen LogP contribution in [0.25, 0.3) is 0 Å². The highest BCUT2D eigenvalue weighted by molar-refractivity contribution is 5.79. The van der Waals surface area contributed by atoms with Crippen LogP contribution >= 0.6 is 0 Å². The van der Waals surface area contributed by atoms with Crippen LogP contribution < -0.4 is 11.2 Å². The maximum atomic E-state index is 12.7. The molecule has 1 fully saturated rings. The number of nitrogens with zero attached hydrogens (tertiary/aromatic N) is 3. The number of H-pyrrole nitrogens is 2. The minimum Gasteiger partial charge on any atom is -0.342 e.